The van der Waals surface area contributed by atoms with Crippen molar-refractivity contribution in [2.75, 3.05) is 19.6 Å². The van der Waals surface area contributed by atoms with Gasteiger partial charge in [0.25, 0.3) is 0 Å². The first-order valence-electron chi connectivity index (χ1n) is 5.34. The van der Waals surface area contributed by atoms with Crippen LogP contribution in [0.3, 0.4) is 0 Å². The first-order valence-corrected chi connectivity index (χ1v) is 5.34. The second-order valence-corrected chi connectivity index (χ2v) is 4.06. The van der Waals surface area contributed by atoms with Crippen LogP contribution >= 0.6 is 0 Å². The third-order valence-corrected chi connectivity index (χ3v) is 3.62. The zero-order valence-electron chi connectivity index (χ0n) is 8.21. The Balaban J connectivity index is 2.03. The van der Waals surface area contributed by atoms with Gasteiger partial charge in [0.15, 0.2) is 0 Å². The molecule has 0 radical (unpaired) electrons. The summed E-state index contributed by atoms with van der Waals surface area (Å²) in [5, 5.41) is 3.61. The zero-order valence-corrected chi connectivity index (χ0v) is 8.21. The van der Waals surface area contributed by atoms with E-state index in [1.165, 1.54) is 32.5 Å². The van der Waals surface area contributed by atoms with Gasteiger partial charge >= 0.3 is 0 Å². The molecule has 1 heterocycles. The highest BCUT2D eigenvalue weighted by atomic mass is 15.2. The predicted molar refractivity (Wildman–Crippen MR) is 51.2 cm³/mol. The quantitative estimate of drug-likeness (QED) is 0.678. The molecule has 2 rings (SSSR count). The second kappa shape index (κ2) is 3.35. The molecule has 0 aromatic carbocycles. The van der Waals surface area contributed by atoms with Crippen molar-refractivity contribution in [1.29, 1.82) is 0 Å². The minimum atomic E-state index is 0.815. The first-order chi connectivity index (χ1) is 5.86. The Labute approximate surface area is 75.3 Å². The number of hydrogen-bond donors (Lipinski definition) is 1. The highest BCUT2D eigenvalue weighted by Gasteiger charge is 2.43. The molecule has 1 aliphatic heterocycles. The molecule has 2 fully saturated rings. The maximum Gasteiger partial charge on any atom is 0.0289 e. The predicted octanol–water partition coefficient (Wildman–Crippen LogP) is 1.08. The lowest BCUT2D eigenvalue weighted by Crippen LogP contribution is -2.42. The lowest BCUT2D eigenvalue weighted by atomic mass is 10.1. The first kappa shape index (κ1) is 8.52. The van der Waals surface area contributed by atoms with E-state index in [1.54, 1.807) is 0 Å². The summed E-state index contributed by atoms with van der Waals surface area (Å²) in [5.41, 5.74) is 0. The van der Waals surface area contributed by atoms with Crippen molar-refractivity contribution < 1.29 is 0 Å². The van der Waals surface area contributed by atoms with Crippen molar-refractivity contribution >= 4 is 0 Å². The van der Waals surface area contributed by atoms with Crippen molar-refractivity contribution in [2.45, 2.75) is 38.8 Å². The van der Waals surface area contributed by atoms with E-state index in [0.717, 1.165) is 18.0 Å². The van der Waals surface area contributed by atoms with E-state index in [9.17, 15) is 0 Å². The van der Waals surface area contributed by atoms with Gasteiger partial charge in [-0.25, -0.2) is 0 Å². The van der Waals surface area contributed by atoms with Crippen LogP contribution in [-0.2, 0) is 0 Å². The summed E-state index contributed by atoms with van der Waals surface area (Å²) in [6.45, 7) is 8.26. The Morgan fingerprint density at radius 1 is 1.25 bits per heavy atom. The van der Waals surface area contributed by atoms with Crippen LogP contribution in [0.1, 0.15) is 26.7 Å². The standard InChI is InChI=1S/C10H20N2/c1-3-12(4-2)10-8-5-6-9(10)11-7-8/h8-11H,3-7H2,1-2H3. The van der Waals surface area contributed by atoms with Crippen LogP contribution in [0.5, 0.6) is 0 Å². The number of likely N-dealkylation sites (N-methyl/N-ethyl adjacent to an activating group) is 1. The lowest BCUT2D eigenvalue weighted by Gasteiger charge is -2.29. The van der Waals surface area contributed by atoms with Crippen LogP contribution in [0, 0.1) is 5.92 Å². The number of piperidine rings is 1. The highest BCUT2D eigenvalue weighted by molar-refractivity contribution is 5.02. The minimum Gasteiger partial charge on any atom is -0.312 e. The molecule has 12 heavy (non-hydrogen) atoms. The largest absolute Gasteiger partial charge is 0.312 e. The van der Waals surface area contributed by atoms with Gasteiger partial charge < -0.3 is 5.32 Å². The Hall–Kier alpha value is -0.0800. The van der Waals surface area contributed by atoms with Gasteiger partial charge in [0, 0.05) is 12.1 Å². The summed E-state index contributed by atoms with van der Waals surface area (Å²) < 4.78 is 0. The van der Waals surface area contributed by atoms with Crippen LogP contribution < -0.4 is 5.32 Å². The topological polar surface area (TPSA) is 15.3 Å². The number of nitrogens with zero attached hydrogens (tertiary/aromatic N) is 1. The van der Waals surface area contributed by atoms with E-state index in [-0.39, 0.29) is 0 Å². The number of fused-ring (bicyclic) bond motifs is 2. The Morgan fingerprint density at radius 3 is 2.33 bits per heavy atom. The fraction of sp³-hybridized carbons (Fsp3) is 1.00. The summed E-state index contributed by atoms with van der Waals surface area (Å²) >= 11 is 0. The average molecular weight is 168 g/mol. The second-order valence-electron chi connectivity index (χ2n) is 4.06. The third kappa shape index (κ3) is 1.17. The van der Waals surface area contributed by atoms with Gasteiger partial charge in [-0.3, -0.25) is 4.90 Å². The molecule has 0 aromatic heterocycles. The normalized spacial score (nSPS) is 39.8. The van der Waals surface area contributed by atoms with E-state index in [2.05, 4.69) is 24.1 Å². The molecule has 2 bridgehead atoms. The van der Waals surface area contributed by atoms with Gasteiger partial charge in [-0.05, 0) is 38.4 Å². The molecule has 2 aliphatic rings. The van der Waals surface area contributed by atoms with E-state index >= 15 is 0 Å². The monoisotopic (exact) mass is 168 g/mol. The number of hydrogen-bond acceptors (Lipinski definition) is 2. The van der Waals surface area contributed by atoms with Gasteiger partial charge in [0.05, 0.1) is 0 Å². The zero-order chi connectivity index (χ0) is 8.55. The van der Waals surface area contributed by atoms with E-state index in [4.69, 9.17) is 0 Å². The molecule has 0 amide bonds. The summed E-state index contributed by atoms with van der Waals surface area (Å²) in [6, 6.07) is 1.68. The number of rotatable bonds is 3. The van der Waals surface area contributed by atoms with E-state index < -0.39 is 0 Å². The third-order valence-electron chi connectivity index (χ3n) is 3.62. The average Bonchev–Trinajstić information content (AvgIpc) is 2.68. The molecule has 1 saturated heterocycles. The molecule has 0 spiro atoms. The Kier molecular flexibility index (Phi) is 2.37. The fourth-order valence-electron chi connectivity index (χ4n) is 3.01. The maximum absolute atomic E-state index is 3.61. The molecule has 1 saturated carbocycles. The molecule has 70 valence electrons. The SMILES string of the molecule is CCN(CC)C1C2CCC1NC2. The highest BCUT2D eigenvalue weighted by Crippen LogP contribution is 2.34. The maximum atomic E-state index is 3.61. The Morgan fingerprint density at radius 2 is 2.00 bits per heavy atom. The summed E-state index contributed by atoms with van der Waals surface area (Å²) in [7, 11) is 0. The van der Waals surface area contributed by atoms with Gasteiger partial charge in [-0.15, -0.1) is 0 Å². The molecular formula is C10H20N2. The Bertz CT molecular complexity index is 134. The van der Waals surface area contributed by atoms with Crippen LogP contribution in [0.4, 0.5) is 0 Å². The number of nitrogens with one attached hydrogen (secondary N) is 1. The van der Waals surface area contributed by atoms with E-state index in [1.807, 2.05) is 0 Å². The van der Waals surface area contributed by atoms with Crippen LogP contribution in [0.15, 0.2) is 0 Å². The van der Waals surface area contributed by atoms with Crippen molar-refractivity contribution in [1.82, 2.24) is 10.2 Å². The van der Waals surface area contributed by atoms with Crippen LogP contribution in [0.2, 0.25) is 0 Å². The van der Waals surface area contributed by atoms with Gasteiger partial charge in [0.1, 0.15) is 0 Å². The molecule has 1 N–H and O–H groups in total. The lowest BCUT2D eigenvalue weighted by molar-refractivity contribution is 0.192. The van der Waals surface area contributed by atoms with Crippen LogP contribution in [0.25, 0.3) is 0 Å². The van der Waals surface area contributed by atoms with Crippen molar-refractivity contribution in [3.8, 4) is 0 Å². The molecule has 2 nitrogen and oxygen atoms in total. The minimum absolute atomic E-state index is 0.815. The molecule has 0 aromatic rings. The van der Waals surface area contributed by atoms with E-state index in [0.29, 0.717) is 0 Å². The fourth-order valence-corrected chi connectivity index (χ4v) is 3.01. The summed E-state index contributed by atoms with van der Waals surface area (Å²) in [4.78, 5) is 2.63. The van der Waals surface area contributed by atoms with Gasteiger partial charge in [-0.2, -0.15) is 0 Å². The molecule has 3 unspecified atom stereocenters. The summed E-state index contributed by atoms with van der Waals surface area (Å²) in [6.07, 6.45) is 2.87. The van der Waals surface area contributed by atoms with Crippen molar-refractivity contribution in [2.24, 2.45) is 5.92 Å². The van der Waals surface area contributed by atoms with Crippen molar-refractivity contribution in [3.63, 3.8) is 0 Å². The smallest absolute Gasteiger partial charge is 0.0289 e. The van der Waals surface area contributed by atoms with Crippen molar-refractivity contribution in [3.05, 3.63) is 0 Å². The van der Waals surface area contributed by atoms with Gasteiger partial charge in [0.2, 0.25) is 0 Å². The van der Waals surface area contributed by atoms with Crippen LogP contribution in [-0.4, -0.2) is 36.6 Å². The summed E-state index contributed by atoms with van der Waals surface area (Å²) in [5.74, 6) is 0.954. The molecule has 2 heteroatoms. The molecule has 3 atom stereocenters. The molecule has 1 aliphatic carbocycles. The van der Waals surface area contributed by atoms with Gasteiger partial charge in [-0.1, -0.05) is 13.8 Å². The molecular weight excluding hydrogens is 148 g/mol.